The van der Waals surface area contributed by atoms with Crippen molar-refractivity contribution in [2.24, 2.45) is 0 Å². The van der Waals surface area contributed by atoms with E-state index in [2.05, 4.69) is 15.8 Å². The summed E-state index contributed by atoms with van der Waals surface area (Å²) in [6.45, 7) is 0.170. The van der Waals surface area contributed by atoms with E-state index in [0.717, 1.165) is 12.0 Å². The number of hydrazine groups is 1. The molecule has 2 heterocycles. The summed E-state index contributed by atoms with van der Waals surface area (Å²) in [5.41, 5.74) is 7.31. The molecular weight excluding hydrogens is 166 g/mol. The summed E-state index contributed by atoms with van der Waals surface area (Å²) in [4.78, 5) is 4.05. The third-order valence-corrected chi connectivity index (χ3v) is 2.29. The molecule has 0 aliphatic carbocycles. The van der Waals surface area contributed by atoms with Crippen molar-refractivity contribution in [3.05, 3.63) is 30.1 Å². The van der Waals surface area contributed by atoms with Crippen LogP contribution in [0.1, 0.15) is 18.0 Å². The first-order valence-corrected chi connectivity index (χ1v) is 4.42. The Morgan fingerprint density at radius 1 is 1.54 bits per heavy atom. The maximum atomic E-state index is 8.91. The average Bonchev–Trinajstić information content (AvgIpc) is 2.67. The highest BCUT2D eigenvalue weighted by atomic mass is 16.3. The monoisotopic (exact) mass is 179 g/mol. The fourth-order valence-electron chi connectivity index (χ4n) is 1.54. The Kier molecular flexibility index (Phi) is 2.54. The van der Waals surface area contributed by atoms with Crippen molar-refractivity contribution in [3.8, 4) is 0 Å². The maximum absolute atomic E-state index is 8.91. The number of nitrogens with one attached hydrogen (secondary N) is 2. The summed E-state index contributed by atoms with van der Waals surface area (Å²) in [6.07, 6.45) is 4.51. The van der Waals surface area contributed by atoms with Crippen molar-refractivity contribution >= 4 is 0 Å². The molecule has 1 fully saturated rings. The predicted molar refractivity (Wildman–Crippen MR) is 48.7 cm³/mol. The van der Waals surface area contributed by atoms with Crippen LogP contribution >= 0.6 is 0 Å². The van der Waals surface area contributed by atoms with E-state index in [1.54, 1.807) is 6.20 Å². The minimum Gasteiger partial charge on any atom is -0.395 e. The molecule has 1 aromatic heterocycles. The number of hydrogen-bond acceptors (Lipinski definition) is 4. The van der Waals surface area contributed by atoms with E-state index in [9.17, 15) is 0 Å². The van der Waals surface area contributed by atoms with Crippen molar-refractivity contribution < 1.29 is 5.11 Å². The Hall–Kier alpha value is -0.970. The summed E-state index contributed by atoms with van der Waals surface area (Å²) in [6, 6.07) is 4.38. The Bertz CT molecular complexity index is 265. The maximum Gasteiger partial charge on any atom is 0.0598 e. The van der Waals surface area contributed by atoms with Crippen LogP contribution in [0.4, 0.5) is 0 Å². The average molecular weight is 179 g/mol. The first kappa shape index (κ1) is 8.62. The number of rotatable bonds is 2. The van der Waals surface area contributed by atoms with Crippen LogP contribution in [0.2, 0.25) is 0 Å². The van der Waals surface area contributed by atoms with E-state index in [4.69, 9.17) is 5.11 Å². The molecule has 0 aromatic carbocycles. The van der Waals surface area contributed by atoms with Gasteiger partial charge in [-0.1, -0.05) is 6.07 Å². The minimum absolute atomic E-state index is 0.158. The largest absolute Gasteiger partial charge is 0.395 e. The van der Waals surface area contributed by atoms with Gasteiger partial charge in [-0.2, -0.15) is 0 Å². The van der Waals surface area contributed by atoms with Crippen molar-refractivity contribution in [2.45, 2.75) is 18.5 Å². The zero-order valence-electron chi connectivity index (χ0n) is 7.27. The Morgan fingerprint density at radius 2 is 2.46 bits per heavy atom. The van der Waals surface area contributed by atoms with Gasteiger partial charge in [-0.3, -0.25) is 10.4 Å². The molecule has 2 atom stereocenters. The van der Waals surface area contributed by atoms with Gasteiger partial charge in [-0.25, -0.2) is 5.43 Å². The molecule has 2 unspecified atom stereocenters. The molecule has 2 rings (SSSR count). The second-order valence-corrected chi connectivity index (χ2v) is 3.24. The van der Waals surface area contributed by atoms with Gasteiger partial charge in [0.15, 0.2) is 0 Å². The van der Waals surface area contributed by atoms with Crippen LogP contribution < -0.4 is 10.9 Å². The van der Waals surface area contributed by atoms with Crippen LogP contribution in [-0.2, 0) is 0 Å². The third kappa shape index (κ3) is 1.85. The number of hydrogen-bond donors (Lipinski definition) is 3. The van der Waals surface area contributed by atoms with E-state index in [1.165, 1.54) is 0 Å². The van der Waals surface area contributed by atoms with Crippen LogP contribution in [0.15, 0.2) is 24.5 Å². The summed E-state index contributed by atoms with van der Waals surface area (Å²) in [7, 11) is 0. The molecular formula is C9H13N3O. The summed E-state index contributed by atoms with van der Waals surface area (Å²) in [5, 5.41) is 8.91. The number of aromatic nitrogens is 1. The van der Waals surface area contributed by atoms with E-state index >= 15 is 0 Å². The lowest BCUT2D eigenvalue weighted by atomic mass is 10.0. The van der Waals surface area contributed by atoms with Crippen LogP contribution in [0.3, 0.4) is 0 Å². The molecule has 0 radical (unpaired) electrons. The van der Waals surface area contributed by atoms with Crippen molar-refractivity contribution in [2.75, 3.05) is 6.61 Å². The van der Waals surface area contributed by atoms with Crippen LogP contribution in [0, 0.1) is 0 Å². The molecule has 1 aliphatic heterocycles. The lowest BCUT2D eigenvalue weighted by molar-refractivity contribution is 0.251. The minimum atomic E-state index is 0.158. The predicted octanol–water partition coefficient (Wildman–Crippen LogP) is -0.0185. The molecule has 70 valence electrons. The molecule has 4 nitrogen and oxygen atoms in total. The number of aliphatic hydroxyl groups is 1. The molecule has 0 spiro atoms. The van der Waals surface area contributed by atoms with E-state index < -0.39 is 0 Å². The number of nitrogens with zero attached hydrogens (tertiary/aromatic N) is 1. The van der Waals surface area contributed by atoms with Gasteiger partial charge in [0.2, 0.25) is 0 Å². The van der Waals surface area contributed by atoms with Gasteiger partial charge in [-0.15, -0.1) is 0 Å². The van der Waals surface area contributed by atoms with Gasteiger partial charge < -0.3 is 5.11 Å². The third-order valence-electron chi connectivity index (χ3n) is 2.29. The highest BCUT2D eigenvalue weighted by Crippen LogP contribution is 2.20. The zero-order chi connectivity index (χ0) is 9.10. The zero-order valence-corrected chi connectivity index (χ0v) is 7.27. The lowest BCUT2D eigenvalue weighted by Gasteiger charge is -2.07. The summed E-state index contributed by atoms with van der Waals surface area (Å²) >= 11 is 0. The molecule has 1 aliphatic rings. The molecule has 0 saturated carbocycles. The van der Waals surface area contributed by atoms with E-state index in [-0.39, 0.29) is 18.7 Å². The van der Waals surface area contributed by atoms with Gasteiger partial charge in [-0.05, 0) is 18.1 Å². The lowest BCUT2D eigenvalue weighted by Crippen LogP contribution is -2.32. The van der Waals surface area contributed by atoms with Crippen molar-refractivity contribution in [3.63, 3.8) is 0 Å². The fourth-order valence-corrected chi connectivity index (χ4v) is 1.54. The Balaban J connectivity index is 2.04. The topological polar surface area (TPSA) is 57.2 Å². The van der Waals surface area contributed by atoms with Gasteiger partial charge in [0.25, 0.3) is 0 Å². The molecule has 1 saturated heterocycles. The van der Waals surface area contributed by atoms with Gasteiger partial charge in [0.05, 0.1) is 6.61 Å². The fraction of sp³-hybridized carbons (Fsp3) is 0.444. The van der Waals surface area contributed by atoms with Crippen molar-refractivity contribution in [1.29, 1.82) is 0 Å². The molecule has 1 aromatic rings. The second-order valence-electron chi connectivity index (χ2n) is 3.24. The summed E-state index contributed by atoms with van der Waals surface area (Å²) < 4.78 is 0. The van der Waals surface area contributed by atoms with Gasteiger partial charge in [0, 0.05) is 24.5 Å². The van der Waals surface area contributed by atoms with Crippen molar-refractivity contribution in [1.82, 2.24) is 15.8 Å². The van der Waals surface area contributed by atoms with Crippen LogP contribution in [0.5, 0.6) is 0 Å². The first-order valence-electron chi connectivity index (χ1n) is 4.42. The molecule has 0 amide bonds. The number of aliphatic hydroxyl groups excluding tert-OH is 1. The second kappa shape index (κ2) is 3.83. The SMILES string of the molecule is OCC1CC(c2cccnc2)NN1. The molecule has 0 bridgehead atoms. The Labute approximate surface area is 77.0 Å². The number of pyridine rings is 1. The van der Waals surface area contributed by atoms with Gasteiger partial charge in [0.1, 0.15) is 0 Å². The van der Waals surface area contributed by atoms with E-state index in [0.29, 0.717) is 0 Å². The standard InChI is InChI=1S/C9H13N3O/c13-6-8-4-9(12-11-8)7-2-1-3-10-5-7/h1-3,5,8-9,11-13H,4,6H2. The highest BCUT2D eigenvalue weighted by Gasteiger charge is 2.23. The molecule has 4 heteroatoms. The van der Waals surface area contributed by atoms with E-state index in [1.807, 2.05) is 18.3 Å². The highest BCUT2D eigenvalue weighted by molar-refractivity contribution is 5.15. The smallest absolute Gasteiger partial charge is 0.0598 e. The Morgan fingerprint density at radius 3 is 3.08 bits per heavy atom. The quantitative estimate of drug-likeness (QED) is 0.597. The normalized spacial score (nSPS) is 27.8. The van der Waals surface area contributed by atoms with Gasteiger partial charge >= 0.3 is 0 Å². The first-order chi connectivity index (χ1) is 6.40. The molecule has 13 heavy (non-hydrogen) atoms. The van der Waals surface area contributed by atoms with Crippen LogP contribution in [-0.4, -0.2) is 22.7 Å². The summed E-state index contributed by atoms with van der Waals surface area (Å²) in [5.74, 6) is 0. The van der Waals surface area contributed by atoms with Crippen LogP contribution in [0.25, 0.3) is 0 Å². The molecule has 3 N–H and O–H groups in total.